The Morgan fingerprint density at radius 1 is 1.13 bits per heavy atom. The molecule has 0 bridgehead atoms. The van der Waals surface area contributed by atoms with Crippen LogP contribution < -0.4 is 25.5 Å². The summed E-state index contributed by atoms with van der Waals surface area (Å²) in [5.74, 6) is -1.27. The second kappa shape index (κ2) is 11.7. The Hall–Kier alpha value is -3.40. The summed E-state index contributed by atoms with van der Waals surface area (Å²) in [5, 5.41) is 8.87. The molecule has 2 aromatic carbocycles. The SMILES string of the molecule is CCNC(=O)C(=O)N/N=C\c1cc(Br)c(OCC(=O)Nc2ccc(C)cc2)c(OC)c1. The summed E-state index contributed by atoms with van der Waals surface area (Å²) in [4.78, 5) is 35.1. The summed E-state index contributed by atoms with van der Waals surface area (Å²) in [5.41, 5.74) is 4.46. The molecule has 0 saturated carbocycles. The third-order valence-electron chi connectivity index (χ3n) is 3.86. The molecule has 31 heavy (non-hydrogen) atoms. The van der Waals surface area contributed by atoms with E-state index in [1.54, 1.807) is 19.1 Å². The number of nitrogens with one attached hydrogen (secondary N) is 3. The monoisotopic (exact) mass is 490 g/mol. The predicted molar refractivity (Wildman–Crippen MR) is 120 cm³/mol. The number of anilines is 1. The zero-order chi connectivity index (χ0) is 22.8. The summed E-state index contributed by atoms with van der Waals surface area (Å²) < 4.78 is 11.5. The largest absolute Gasteiger partial charge is 0.493 e. The molecule has 0 fully saturated rings. The van der Waals surface area contributed by atoms with E-state index in [1.165, 1.54) is 13.3 Å². The van der Waals surface area contributed by atoms with Crippen molar-refractivity contribution >= 4 is 45.6 Å². The highest BCUT2D eigenvalue weighted by Gasteiger charge is 2.14. The van der Waals surface area contributed by atoms with E-state index in [9.17, 15) is 14.4 Å². The van der Waals surface area contributed by atoms with Crippen LogP contribution in [0.1, 0.15) is 18.1 Å². The van der Waals surface area contributed by atoms with Gasteiger partial charge in [-0.1, -0.05) is 17.7 Å². The molecule has 3 amide bonds. The third-order valence-corrected chi connectivity index (χ3v) is 4.45. The van der Waals surface area contributed by atoms with Gasteiger partial charge in [0.25, 0.3) is 5.91 Å². The number of ether oxygens (including phenoxy) is 2. The molecule has 0 aliphatic rings. The van der Waals surface area contributed by atoms with Crippen LogP contribution >= 0.6 is 15.9 Å². The molecule has 0 unspecified atom stereocenters. The number of halogens is 1. The van der Waals surface area contributed by atoms with E-state index in [2.05, 4.69) is 37.1 Å². The minimum atomic E-state index is -0.872. The maximum Gasteiger partial charge on any atom is 0.329 e. The van der Waals surface area contributed by atoms with E-state index < -0.39 is 11.8 Å². The lowest BCUT2D eigenvalue weighted by Crippen LogP contribution is -2.37. The summed E-state index contributed by atoms with van der Waals surface area (Å²) in [6, 6.07) is 10.7. The van der Waals surface area contributed by atoms with Crippen molar-refractivity contribution < 1.29 is 23.9 Å². The fourth-order valence-electron chi connectivity index (χ4n) is 2.38. The van der Waals surface area contributed by atoms with Gasteiger partial charge in [-0.2, -0.15) is 5.10 Å². The Morgan fingerprint density at radius 3 is 2.48 bits per heavy atom. The Balaban J connectivity index is 2.00. The number of benzene rings is 2. The third kappa shape index (κ3) is 7.41. The van der Waals surface area contributed by atoms with Gasteiger partial charge in [0.1, 0.15) is 0 Å². The van der Waals surface area contributed by atoms with Crippen molar-refractivity contribution in [3.63, 3.8) is 0 Å². The normalized spacial score (nSPS) is 10.5. The number of aryl methyl sites for hydroxylation is 1. The molecule has 3 N–H and O–H groups in total. The molecule has 0 aliphatic heterocycles. The number of likely N-dealkylation sites (N-methyl/N-ethyl adjacent to an activating group) is 1. The Labute approximate surface area is 188 Å². The number of hydrogen-bond donors (Lipinski definition) is 3. The smallest absolute Gasteiger partial charge is 0.329 e. The predicted octanol–water partition coefficient (Wildman–Crippen LogP) is 2.37. The summed E-state index contributed by atoms with van der Waals surface area (Å²) in [6.07, 6.45) is 1.35. The van der Waals surface area contributed by atoms with E-state index in [4.69, 9.17) is 9.47 Å². The van der Waals surface area contributed by atoms with Crippen molar-refractivity contribution in [3.8, 4) is 11.5 Å². The van der Waals surface area contributed by atoms with Crippen molar-refractivity contribution in [1.29, 1.82) is 0 Å². The Kier molecular flexibility index (Phi) is 9.01. The first kappa shape index (κ1) is 23.9. The number of methoxy groups -OCH3 is 1. The van der Waals surface area contributed by atoms with Crippen molar-refractivity contribution in [2.24, 2.45) is 5.10 Å². The molecule has 0 aliphatic carbocycles. The van der Waals surface area contributed by atoms with Gasteiger partial charge in [0.2, 0.25) is 0 Å². The molecular formula is C21H23BrN4O5. The van der Waals surface area contributed by atoms with Crippen molar-refractivity contribution in [1.82, 2.24) is 10.7 Å². The molecule has 0 radical (unpaired) electrons. The molecule has 2 aromatic rings. The molecule has 9 nitrogen and oxygen atoms in total. The van der Waals surface area contributed by atoms with Crippen molar-refractivity contribution in [3.05, 3.63) is 52.0 Å². The Bertz CT molecular complexity index is 976. The van der Waals surface area contributed by atoms with E-state index in [0.717, 1.165) is 5.56 Å². The number of hydrogen-bond acceptors (Lipinski definition) is 6. The van der Waals surface area contributed by atoms with Gasteiger partial charge in [-0.15, -0.1) is 0 Å². The van der Waals surface area contributed by atoms with E-state index in [-0.39, 0.29) is 12.5 Å². The second-order valence-corrected chi connectivity index (χ2v) is 7.15. The van der Waals surface area contributed by atoms with Gasteiger partial charge in [0, 0.05) is 12.2 Å². The number of carbonyl (C=O) groups is 3. The molecule has 164 valence electrons. The average molecular weight is 491 g/mol. The van der Waals surface area contributed by atoms with Crippen LogP contribution in [0.25, 0.3) is 0 Å². The topological polar surface area (TPSA) is 118 Å². The number of hydrazone groups is 1. The fraction of sp³-hybridized carbons (Fsp3) is 0.238. The van der Waals surface area contributed by atoms with Crippen LogP contribution in [0.5, 0.6) is 11.5 Å². The van der Waals surface area contributed by atoms with Crippen molar-refractivity contribution in [2.75, 3.05) is 25.6 Å². The van der Waals surface area contributed by atoms with Gasteiger partial charge in [-0.05, 0) is 59.6 Å². The molecule has 0 spiro atoms. The standard InChI is InChI=1S/C21H23BrN4O5/c1-4-23-20(28)21(29)26-24-11-14-9-16(22)19(17(10-14)30-3)31-12-18(27)25-15-7-5-13(2)6-8-15/h5-11H,4,12H2,1-3H3,(H,23,28)(H,25,27)(H,26,29)/b24-11-. The van der Waals surface area contributed by atoms with Crippen molar-refractivity contribution in [2.45, 2.75) is 13.8 Å². The van der Waals surface area contributed by atoms with Gasteiger partial charge in [0.15, 0.2) is 18.1 Å². The molecule has 0 aromatic heterocycles. The van der Waals surface area contributed by atoms with Gasteiger partial charge in [-0.3, -0.25) is 14.4 Å². The molecule has 10 heteroatoms. The highest BCUT2D eigenvalue weighted by molar-refractivity contribution is 9.10. The van der Waals surface area contributed by atoms with E-state index in [0.29, 0.717) is 33.8 Å². The van der Waals surface area contributed by atoms with Crippen LogP contribution in [-0.4, -0.2) is 44.2 Å². The Morgan fingerprint density at radius 2 is 1.84 bits per heavy atom. The lowest BCUT2D eigenvalue weighted by Gasteiger charge is -2.13. The minimum Gasteiger partial charge on any atom is -0.493 e. The van der Waals surface area contributed by atoms with Crippen LogP contribution in [0.3, 0.4) is 0 Å². The first-order valence-electron chi connectivity index (χ1n) is 9.32. The summed E-state index contributed by atoms with van der Waals surface area (Å²) in [6.45, 7) is 3.78. The summed E-state index contributed by atoms with van der Waals surface area (Å²) in [7, 11) is 1.46. The zero-order valence-corrected chi connectivity index (χ0v) is 18.9. The van der Waals surface area contributed by atoms with Gasteiger partial charge in [-0.25, -0.2) is 5.43 Å². The van der Waals surface area contributed by atoms with Gasteiger partial charge in [0.05, 0.1) is 17.8 Å². The maximum atomic E-state index is 12.2. The average Bonchev–Trinajstić information content (AvgIpc) is 2.74. The zero-order valence-electron chi connectivity index (χ0n) is 17.3. The lowest BCUT2D eigenvalue weighted by molar-refractivity contribution is -0.139. The number of rotatable bonds is 8. The minimum absolute atomic E-state index is 0.223. The van der Waals surface area contributed by atoms with E-state index in [1.807, 2.05) is 31.2 Å². The second-order valence-electron chi connectivity index (χ2n) is 6.30. The van der Waals surface area contributed by atoms with Crippen LogP contribution in [0.2, 0.25) is 0 Å². The van der Waals surface area contributed by atoms with E-state index >= 15 is 0 Å². The number of carbonyl (C=O) groups excluding carboxylic acids is 3. The quantitative estimate of drug-likeness (QED) is 0.298. The molecule has 2 rings (SSSR count). The highest BCUT2D eigenvalue weighted by atomic mass is 79.9. The highest BCUT2D eigenvalue weighted by Crippen LogP contribution is 2.36. The summed E-state index contributed by atoms with van der Waals surface area (Å²) >= 11 is 3.38. The molecule has 0 saturated heterocycles. The number of amides is 3. The maximum absolute atomic E-state index is 12.2. The number of nitrogens with zero attached hydrogens (tertiary/aromatic N) is 1. The van der Waals surface area contributed by atoms with Crippen LogP contribution in [-0.2, 0) is 14.4 Å². The van der Waals surface area contributed by atoms with Crippen LogP contribution in [0.15, 0.2) is 46.0 Å². The first-order valence-corrected chi connectivity index (χ1v) is 10.1. The molecular weight excluding hydrogens is 468 g/mol. The first-order chi connectivity index (χ1) is 14.8. The fourth-order valence-corrected chi connectivity index (χ4v) is 2.96. The molecule has 0 heterocycles. The van der Waals surface area contributed by atoms with Crippen LogP contribution in [0, 0.1) is 6.92 Å². The molecule has 0 atom stereocenters. The lowest BCUT2D eigenvalue weighted by atomic mass is 10.2. The van der Waals surface area contributed by atoms with Crippen LogP contribution in [0.4, 0.5) is 5.69 Å². The van der Waals surface area contributed by atoms with Gasteiger partial charge < -0.3 is 20.1 Å². The van der Waals surface area contributed by atoms with Gasteiger partial charge >= 0.3 is 11.8 Å².